The lowest BCUT2D eigenvalue weighted by Gasteiger charge is -2.33. The molecule has 4 heterocycles. The number of carbonyl (C=O) groups is 2. The molecular weight excluding hydrogens is 1010 g/mol. The molecule has 8 aromatic rings. The van der Waals surface area contributed by atoms with Crippen LogP contribution in [0.5, 0.6) is 0 Å². The van der Waals surface area contributed by atoms with Crippen molar-refractivity contribution >= 4 is 66.6 Å². The normalized spacial score (nSPS) is 13.8. The summed E-state index contributed by atoms with van der Waals surface area (Å²) in [5, 5.41) is 2.73. The summed E-state index contributed by atoms with van der Waals surface area (Å²) >= 11 is 0. The van der Waals surface area contributed by atoms with Crippen LogP contribution in [-0.4, -0.2) is 95.1 Å². The summed E-state index contributed by atoms with van der Waals surface area (Å²) < 4.78 is 67.7. The summed E-state index contributed by atoms with van der Waals surface area (Å²) in [7, 11) is -7.35. The highest BCUT2D eigenvalue weighted by Gasteiger charge is 2.36. The summed E-state index contributed by atoms with van der Waals surface area (Å²) in [6.07, 6.45) is 4.32. The van der Waals surface area contributed by atoms with E-state index in [1.54, 1.807) is 59.9 Å². The van der Waals surface area contributed by atoms with E-state index in [0.29, 0.717) is 46.9 Å². The van der Waals surface area contributed by atoms with Crippen molar-refractivity contribution in [2.24, 2.45) is 0 Å². The molecular formula is C52H62N12O10P2. The maximum Gasteiger partial charge on any atom is 0.326 e. The van der Waals surface area contributed by atoms with E-state index in [-0.39, 0.29) is 63.6 Å². The Bertz CT molecular complexity index is 3190. The fourth-order valence-corrected chi connectivity index (χ4v) is 10.7. The van der Waals surface area contributed by atoms with Crippen molar-refractivity contribution in [3.05, 3.63) is 163 Å². The number of hydrogen-bond acceptors (Lipinski definition) is 18. The van der Waals surface area contributed by atoms with Crippen LogP contribution in [-0.2, 0) is 79.6 Å². The number of nitrogen functional groups attached to an aromatic ring is 2. The smallest absolute Gasteiger partial charge is 0.326 e. The van der Waals surface area contributed by atoms with Crippen molar-refractivity contribution in [3.8, 4) is 0 Å². The quantitative estimate of drug-likeness (QED) is 0.0340. The second-order valence-electron chi connectivity index (χ2n) is 17.6. The summed E-state index contributed by atoms with van der Waals surface area (Å²) in [5.74, 6) is -0.493. The van der Waals surface area contributed by atoms with E-state index in [1.807, 2.05) is 111 Å². The van der Waals surface area contributed by atoms with E-state index in [0.717, 1.165) is 16.7 Å². The van der Waals surface area contributed by atoms with Gasteiger partial charge >= 0.3 is 19.5 Å². The van der Waals surface area contributed by atoms with Gasteiger partial charge in [-0.3, -0.25) is 23.4 Å². The third kappa shape index (κ3) is 16.5. The Morgan fingerprint density at radius 2 is 1.05 bits per heavy atom. The first-order chi connectivity index (χ1) is 36.7. The molecule has 24 heteroatoms. The van der Waals surface area contributed by atoms with Crippen LogP contribution >= 0.6 is 15.0 Å². The zero-order valence-corrected chi connectivity index (χ0v) is 44.4. The van der Waals surface area contributed by atoms with Gasteiger partial charge in [0, 0.05) is 5.69 Å². The Balaban J connectivity index is 0.000000221. The molecule has 0 fully saturated rings. The number of ether oxygens (including phenoxy) is 4. The van der Waals surface area contributed by atoms with Crippen molar-refractivity contribution in [3.63, 3.8) is 0 Å². The molecule has 2 unspecified atom stereocenters. The Hall–Kier alpha value is -7.42. The number of esters is 2. The molecule has 76 heavy (non-hydrogen) atoms. The van der Waals surface area contributed by atoms with Gasteiger partial charge in [0.25, 0.3) is 7.52 Å². The number of hydrogen-bond donors (Lipinski definition) is 3. The molecule has 0 spiro atoms. The lowest BCUT2D eigenvalue weighted by Crippen LogP contribution is -2.32. The lowest BCUT2D eigenvalue weighted by molar-refractivity contribution is -0.145. The first kappa shape index (κ1) is 56.3. The highest BCUT2D eigenvalue weighted by Crippen LogP contribution is 2.54. The van der Waals surface area contributed by atoms with E-state index in [2.05, 4.69) is 35.0 Å². The Kier molecular flexibility index (Phi) is 20.3. The van der Waals surface area contributed by atoms with Crippen LogP contribution < -0.4 is 21.2 Å². The fourth-order valence-electron chi connectivity index (χ4n) is 7.35. The van der Waals surface area contributed by atoms with Gasteiger partial charge < -0.3 is 48.6 Å². The molecule has 0 aliphatic rings. The number of nitrogens with zero attached hydrogens (tertiary/aromatic N) is 9. The summed E-state index contributed by atoms with van der Waals surface area (Å²) in [6, 6.07) is 37.0. The number of imidazole rings is 2. The summed E-state index contributed by atoms with van der Waals surface area (Å²) in [6.45, 7) is 7.66. The molecule has 4 atom stereocenters. The van der Waals surface area contributed by atoms with Gasteiger partial charge in [-0.15, -0.1) is 0 Å². The summed E-state index contributed by atoms with van der Waals surface area (Å²) in [4.78, 5) is 50.0. The number of benzene rings is 4. The van der Waals surface area contributed by atoms with Crippen LogP contribution in [0.4, 0.5) is 17.3 Å². The highest BCUT2D eigenvalue weighted by atomic mass is 31.2. The van der Waals surface area contributed by atoms with Crippen molar-refractivity contribution in [1.29, 1.82) is 0 Å². The zero-order chi connectivity index (χ0) is 53.9. The molecule has 4 aromatic heterocycles. The van der Waals surface area contributed by atoms with Crippen LogP contribution in [0, 0.1) is 0 Å². The average molecular weight is 1080 g/mol. The monoisotopic (exact) mass is 1080 g/mol. The highest BCUT2D eigenvalue weighted by molar-refractivity contribution is 7.60. The van der Waals surface area contributed by atoms with Crippen LogP contribution in [0.15, 0.2) is 147 Å². The molecule has 0 amide bonds. The third-order valence-electron chi connectivity index (χ3n) is 11.2. The van der Waals surface area contributed by atoms with Crippen LogP contribution in [0.1, 0.15) is 44.4 Å². The predicted molar refractivity (Wildman–Crippen MR) is 287 cm³/mol. The minimum absolute atomic E-state index is 0.0702. The number of nitrogens with two attached hydrogens (primary N) is 2. The average Bonchev–Trinajstić information content (AvgIpc) is 4.05. The number of aromatic nitrogens is 8. The molecule has 0 bridgehead atoms. The van der Waals surface area contributed by atoms with Crippen molar-refractivity contribution in [2.75, 3.05) is 41.9 Å². The Morgan fingerprint density at radius 1 is 0.592 bits per heavy atom. The second-order valence-corrected chi connectivity index (χ2v) is 22.1. The maximum atomic E-state index is 14.6. The maximum absolute atomic E-state index is 14.6. The van der Waals surface area contributed by atoms with Gasteiger partial charge in [0.2, 0.25) is 0 Å². The Labute approximate surface area is 440 Å². The number of para-hydroxylation sites is 1. The van der Waals surface area contributed by atoms with Crippen molar-refractivity contribution in [2.45, 2.75) is 78.9 Å². The molecule has 4 aromatic carbocycles. The van der Waals surface area contributed by atoms with E-state index >= 15 is 0 Å². The van der Waals surface area contributed by atoms with Gasteiger partial charge in [-0.25, -0.2) is 35.0 Å². The fraction of sp³-hybridized carbons (Fsp3) is 0.308. The molecule has 400 valence electrons. The molecule has 0 saturated heterocycles. The lowest BCUT2D eigenvalue weighted by atomic mass is 10.2. The molecule has 0 saturated carbocycles. The standard InChI is InChI=1S/C27H33N6O5P.C25H29N6O5P/c1-20(2)38-24(34)15-33(23-12-8-5-9-13-23)39(35,37-16-22-10-6-4-7-11-22)19-36-21(3)14-32-18-31-25-26(28)29-17-30-27(25)32;1-19(13-31-17-29-23-24(26)27-16-28-25(23)31)35-18-37(33,36-15-21-10-6-3-7-11-21)30-12-22(32)34-14-20-8-4-2-5-9-20/h4-13,17-18,20-21H,14-16,19H2,1-3H3,(H2,28,29,30);2-11,16-17,19H,12-15,18H2,1H3,(H,30,33)(H2,26,27,28)/t21-,39?;19-,37?/m11/s1. The first-order valence-corrected chi connectivity index (χ1v) is 27.8. The predicted octanol–water partition coefficient (Wildman–Crippen LogP) is 8.15. The van der Waals surface area contributed by atoms with Crippen LogP contribution in [0.3, 0.4) is 0 Å². The number of carbonyl (C=O) groups excluding carboxylic acids is 2. The number of rotatable bonds is 26. The Morgan fingerprint density at radius 3 is 1.55 bits per heavy atom. The van der Waals surface area contributed by atoms with Crippen LogP contribution in [0.2, 0.25) is 0 Å². The molecule has 0 radical (unpaired) electrons. The largest absolute Gasteiger partial charge is 0.462 e. The second kappa shape index (κ2) is 27.4. The SMILES string of the molecule is CC(C)OC(=O)CN(c1ccccc1)P(=O)(CO[C@H](C)Cn1cnc2c(N)ncnc21)OCc1ccccc1.C[C@H](Cn1cnc2c(N)ncnc21)OCP(=O)(NCC(=O)OCc1ccccc1)OCc1ccccc1. The molecule has 5 N–H and O–H groups in total. The van der Waals surface area contributed by atoms with E-state index in [1.165, 1.54) is 17.3 Å². The van der Waals surface area contributed by atoms with Gasteiger partial charge in [0.1, 0.15) is 56.1 Å². The zero-order valence-electron chi connectivity index (χ0n) is 42.6. The number of fused-ring (bicyclic) bond motifs is 2. The topological polar surface area (TPSA) is 278 Å². The number of nitrogens with one attached hydrogen (secondary N) is 1. The molecule has 0 aliphatic carbocycles. The van der Waals surface area contributed by atoms with Gasteiger partial charge in [-0.2, -0.15) is 0 Å². The van der Waals surface area contributed by atoms with E-state index in [9.17, 15) is 18.7 Å². The van der Waals surface area contributed by atoms with Gasteiger partial charge in [0.15, 0.2) is 22.9 Å². The van der Waals surface area contributed by atoms with Crippen molar-refractivity contribution in [1.82, 2.24) is 44.1 Å². The summed E-state index contributed by atoms with van der Waals surface area (Å²) in [5.41, 5.74) is 17.0. The van der Waals surface area contributed by atoms with Gasteiger partial charge in [-0.1, -0.05) is 109 Å². The molecule has 22 nitrogen and oxygen atoms in total. The van der Waals surface area contributed by atoms with E-state index < -0.39 is 33.1 Å². The van der Waals surface area contributed by atoms with Crippen molar-refractivity contribution < 1.29 is 46.7 Å². The third-order valence-corrected chi connectivity index (χ3v) is 14.9. The molecule has 8 rings (SSSR count). The minimum Gasteiger partial charge on any atom is -0.462 e. The van der Waals surface area contributed by atoms with E-state index in [4.69, 9.17) is 39.5 Å². The van der Waals surface area contributed by atoms with Gasteiger partial charge in [-0.05, 0) is 56.5 Å². The van der Waals surface area contributed by atoms with Crippen LogP contribution in [0.25, 0.3) is 22.3 Å². The molecule has 0 aliphatic heterocycles. The van der Waals surface area contributed by atoms with Gasteiger partial charge in [0.05, 0.1) is 57.3 Å². The first-order valence-electron chi connectivity index (χ1n) is 24.2. The minimum atomic E-state index is -3.77. The number of anilines is 3.